The molecule has 0 saturated carbocycles. The van der Waals surface area contributed by atoms with Crippen LogP contribution in [0.3, 0.4) is 0 Å². The molecule has 1 atom stereocenters. The summed E-state index contributed by atoms with van der Waals surface area (Å²) in [7, 11) is 0. The van der Waals surface area contributed by atoms with Crippen molar-refractivity contribution < 1.29 is 14.3 Å². The lowest BCUT2D eigenvalue weighted by molar-refractivity contribution is -0.126. The van der Waals surface area contributed by atoms with Gasteiger partial charge in [0.05, 0.1) is 6.61 Å². The molecule has 0 saturated heterocycles. The fourth-order valence-corrected chi connectivity index (χ4v) is 3.13. The number of rotatable bonds is 6. The lowest BCUT2D eigenvalue weighted by atomic mass is 10.1. The Bertz CT molecular complexity index is 774. The van der Waals surface area contributed by atoms with Crippen LogP contribution in [0.4, 0.5) is 5.69 Å². The maximum absolute atomic E-state index is 12.9. The Kier molecular flexibility index (Phi) is 5.03. The van der Waals surface area contributed by atoms with Crippen LogP contribution < -0.4 is 15.0 Å². The highest BCUT2D eigenvalue weighted by molar-refractivity contribution is 6.06. The van der Waals surface area contributed by atoms with E-state index in [0.717, 1.165) is 17.7 Å². The minimum Gasteiger partial charge on any atom is -0.494 e. The lowest BCUT2D eigenvalue weighted by Gasteiger charge is -2.18. The van der Waals surface area contributed by atoms with E-state index >= 15 is 0 Å². The van der Waals surface area contributed by atoms with Gasteiger partial charge in [0.25, 0.3) is 5.91 Å². The van der Waals surface area contributed by atoms with Gasteiger partial charge in [-0.1, -0.05) is 30.3 Å². The molecule has 0 unspecified atom stereocenters. The van der Waals surface area contributed by atoms with Gasteiger partial charge in [-0.15, -0.1) is 0 Å². The fourth-order valence-electron chi connectivity index (χ4n) is 3.13. The Morgan fingerprint density at radius 2 is 1.96 bits per heavy atom. The quantitative estimate of drug-likeness (QED) is 0.881. The summed E-state index contributed by atoms with van der Waals surface area (Å²) in [5.74, 6) is 0.375. The van der Waals surface area contributed by atoms with Crippen molar-refractivity contribution in [3.63, 3.8) is 0 Å². The number of amides is 2. The molecule has 1 heterocycles. The number of hydrogen-bond acceptors (Lipinski definition) is 3. The van der Waals surface area contributed by atoms with Gasteiger partial charge >= 0.3 is 0 Å². The molecule has 5 heteroatoms. The second-order valence-corrected chi connectivity index (χ2v) is 6.01. The van der Waals surface area contributed by atoms with Crippen molar-refractivity contribution in [3.8, 4) is 5.75 Å². The van der Waals surface area contributed by atoms with Gasteiger partial charge in [-0.2, -0.15) is 0 Å². The van der Waals surface area contributed by atoms with E-state index in [4.69, 9.17) is 4.74 Å². The summed E-state index contributed by atoms with van der Waals surface area (Å²) in [4.78, 5) is 26.1. The average Bonchev–Trinajstić information content (AvgIpc) is 2.85. The number of fused-ring (bicyclic) bond motifs is 1. The van der Waals surface area contributed by atoms with Crippen LogP contribution in [0.25, 0.3) is 0 Å². The summed E-state index contributed by atoms with van der Waals surface area (Å²) >= 11 is 0. The second-order valence-electron chi connectivity index (χ2n) is 6.01. The van der Waals surface area contributed by atoms with Crippen molar-refractivity contribution in [2.75, 3.05) is 18.1 Å². The number of anilines is 1. The topological polar surface area (TPSA) is 58.6 Å². The number of ether oxygens (including phenoxy) is 1. The Balaban J connectivity index is 1.87. The molecule has 2 amide bonds. The molecule has 0 radical (unpaired) electrons. The molecule has 1 aliphatic heterocycles. The molecule has 0 spiro atoms. The summed E-state index contributed by atoms with van der Waals surface area (Å²) in [5.41, 5.74) is 2.80. The molecule has 3 rings (SSSR count). The van der Waals surface area contributed by atoms with Crippen LogP contribution in [0.1, 0.15) is 31.0 Å². The van der Waals surface area contributed by atoms with Crippen molar-refractivity contribution >= 4 is 17.5 Å². The van der Waals surface area contributed by atoms with E-state index in [1.165, 1.54) is 12.5 Å². The molecule has 0 aromatic heterocycles. The highest BCUT2D eigenvalue weighted by Crippen LogP contribution is 2.38. The lowest BCUT2D eigenvalue weighted by Crippen LogP contribution is -2.37. The summed E-state index contributed by atoms with van der Waals surface area (Å²) in [6.07, 6.45) is 0.756. The van der Waals surface area contributed by atoms with Crippen LogP contribution in [0, 0.1) is 0 Å². The van der Waals surface area contributed by atoms with Crippen molar-refractivity contribution in [2.45, 2.75) is 26.3 Å². The first-order chi connectivity index (χ1) is 12.1. The summed E-state index contributed by atoms with van der Waals surface area (Å²) in [5, 5.41) is 2.76. The Labute approximate surface area is 147 Å². The van der Waals surface area contributed by atoms with E-state index in [9.17, 15) is 9.59 Å². The summed E-state index contributed by atoms with van der Waals surface area (Å²) in [6, 6.07) is 15.0. The van der Waals surface area contributed by atoms with Crippen LogP contribution in [-0.4, -0.2) is 25.0 Å². The zero-order valence-electron chi connectivity index (χ0n) is 14.5. The number of benzene rings is 2. The monoisotopic (exact) mass is 338 g/mol. The highest BCUT2D eigenvalue weighted by atomic mass is 16.5. The van der Waals surface area contributed by atoms with Crippen LogP contribution in [0.5, 0.6) is 5.75 Å². The average molecular weight is 338 g/mol. The van der Waals surface area contributed by atoms with E-state index in [1.807, 2.05) is 55.5 Å². The van der Waals surface area contributed by atoms with Gasteiger partial charge in [-0.3, -0.25) is 9.59 Å². The van der Waals surface area contributed by atoms with Crippen LogP contribution in [-0.2, 0) is 16.0 Å². The number of carbonyl (C=O) groups is 2. The number of nitrogens with one attached hydrogen (secondary N) is 1. The predicted octanol–water partition coefficient (Wildman–Crippen LogP) is 2.85. The number of nitrogens with zero attached hydrogens (tertiary/aromatic N) is 1. The van der Waals surface area contributed by atoms with Crippen molar-refractivity contribution in [2.24, 2.45) is 0 Å². The SMILES string of the molecule is CCOc1ccc2c(c1)[C@@H](NC(C)=O)C(=O)N2CCc1ccccc1. The molecule has 130 valence electrons. The minimum atomic E-state index is -0.649. The third-order valence-electron chi connectivity index (χ3n) is 4.24. The summed E-state index contributed by atoms with van der Waals surface area (Å²) in [6.45, 7) is 4.46. The maximum Gasteiger partial charge on any atom is 0.254 e. The standard InChI is InChI=1S/C20H22N2O3/c1-3-25-16-9-10-18-17(13-16)19(21-14(2)23)20(24)22(18)12-11-15-7-5-4-6-8-15/h4-10,13,19H,3,11-12H2,1-2H3,(H,21,23)/t19-/m1/s1. The van der Waals surface area contributed by atoms with Crippen molar-refractivity contribution in [1.82, 2.24) is 5.32 Å². The third kappa shape index (κ3) is 3.65. The van der Waals surface area contributed by atoms with Gasteiger partial charge < -0.3 is 15.0 Å². The van der Waals surface area contributed by atoms with E-state index in [2.05, 4.69) is 5.32 Å². The first kappa shape index (κ1) is 17.0. The van der Waals surface area contributed by atoms with Crippen molar-refractivity contribution in [3.05, 3.63) is 59.7 Å². The maximum atomic E-state index is 12.9. The van der Waals surface area contributed by atoms with Crippen LogP contribution in [0.15, 0.2) is 48.5 Å². The predicted molar refractivity (Wildman–Crippen MR) is 96.7 cm³/mol. The normalized spacial score (nSPS) is 15.8. The van der Waals surface area contributed by atoms with E-state index in [0.29, 0.717) is 18.9 Å². The zero-order chi connectivity index (χ0) is 17.8. The first-order valence-corrected chi connectivity index (χ1v) is 8.49. The highest BCUT2D eigenvalue weighted by Gasteiger charge is 2.37. The first-order valence-electron chi connectivity index (χ1n) is 8.49. The Morgan fingerprint density at radius 1 is 1.20 bits per heavy atom. The van der Waals surface area contributed by atoms with Gasteiger partial charge in [0, 0.05) is 24.7 Å². The second kappa shape index (κ2) is 7.38. The molecule has 25 heavy (non-hydrogen) atoms. The van der Waals surface area contributed by atoms with E-state index < -0.39 is 6.04 Å². The Morgan fingerprint density at radius 3 is 2.64 bits per heavy atom. The molecule has 2 aromatic rings. The number of carbonyl (C=O) groups excluding carboxylic acids is 2. The summed E-state index contributed by atoms with van der Waals surface area (Å²) < 4.78 is 5.54. The van der Waals surface area contributed by atoms with Gasteiger partial charge in [-0.05, 0) is 37.1 Å². The molecule has 2 aromatic carbocycles. The molecular weight excluding hydrogens is 316 g/mol. The Hall–Kier alpha value is -2.82. The van der Waals surface area contributed by atoms with Gasteiger partial charge in [0.15, 0.2) is 0 Å². The van der Waals surface area contributed by atoms with Crippen LogP contribution >= 0.6 is 0 Å². The smallest absolute Gasteiger partial charge is 0.254 e. The van der Waals surface area contributed by atoms with Crippen LogP contribution in [0.2, 0.25) is 0 Å². The minimum absolute atomic E-state index is 0.102. The molecule has 0 bridgehead atoms. The fraction of sp³-hybridized carbons (Fsp3) is 0.300. The van der Waals surface area contributed by atoms with Gasteiger partial charge in [-0.25, -0.2) is 0 Å². The molecule has 0 aliphatic carbocycles. The largest absolute Gasteiger partial charge is 0.494 e. The number of hydrogen-bond donors (Lipinski definition) is 1. The molecule has 0 fully saturated rings. The van der Waals surface area contributed by atoms with Crippen molar-refractivity contribution in [1.29, 1.82) is 0 Å². The van der Waals surface area contributed by atoms with E-state index in [1.54, 1.807) is 4.90 Å². The van der Waals surface area contributed by atoms with E-state index in [-0.39, 0.29) is 11.8 Å². The third-order valence-corrected chi connectivity index (χ3v) is 4.24. The van der Waals surface area contributed by atoms with Gasteiger partial charge in [0.2, 0.25) is 5.91 Å². The molecular formula is C20H22N2O3. The molecule has 1 aliphatic rings. The molecule has 5 nitrogen and oxygen atoms in total. The molecule has 1 N–H and O–H groups in total. The zero-order valence-corrected chi connectivity index (χ0v) is 14.5. The van der Waals surface area contributed by atoms with Gasteiger partial charge in [0.1, 0.15) is 11.8 Å².